The van der Waals surface area contributed by atoms with Gasteiger partial charge in [0.15, 0.2) is 0 Å². The molecule has 2 rings (SSSR count). The van der Waals surface area contributed by atoms with Gasteiger partial charge < -0.3 is 10.4 Å². The maximum absolute atomic E-state index is 8.87. The first kappa shape index (κ1) is 11.8. The van der Waals surface area contributed by atoms with Gasteiger partial charge in [-0.1, -0.05) is 26.0 Å². The minimum absolute atomic E-state index is 0.0926. The molecule has 90 valence electrons. The van der Waals surface area contributed by atoms with Crippen LogP contribution in [0.15, 0.2) is 24.3 Å². The summed E-state index contributed by atoms with van der Waals surface area (Å²) in [6.45, 7) is 4.73. The SMILES string of the molecule is CC(C)c1nc(NCCO)c2ccccc2n1. The van der Waals surface area contributed by atoms with E-state index in [1.54, 1.807) is 0 Å². The minimum atomic E-state index is 0.0926. The quantitative estimate of drug-likeness (QED) is 0.846. The van der Waals surface area contributed by atoms with Gasteiger partial charge in [-0.15, -0.1) is 0 Å². The highest BCUT2D eigenvalue weighted by Gasteiger charge is 2.09. The van der Waals surface area contributed by atoms with Gasteiger partial charge in [0.2, 0.25) is 0 Å². The number of fused-ring (bicyclic) bond motifs is 1. The summed E-state index contributed by atoms with van der Waals surface area (Å²) in [5.74, 6) is 1.91. The molecule has 17 heavy (non-hydrogen) atoms. The number of rotatable bonds is 4. The highest BCUT2D eigenvalue weighted by atomic mass is 16.3. The maximum atomic E-state index is 8.87. The molecule has 0 unspecified atom stereocenters. The maximum Gasteiger partial charge on any atom is 0.137 e. The first-order valence-electron chi connectivity index (χ1n) is 5.83. The van der Waals surface area contributed by atoms with Crippen molar-refractivity contribution >= 4 is 16.7 Å². The summed E-state index contributed by atoms with van der Waals surface area (Å²) in [5, 5.41) is 13.0. The van der Waals surface area contributed by atoms with E-state index in [-0.39, 0.29) is 12.5 Å². The molecular weight excluding hydrogens is 214 g/mol. The number of hydrogen-bond donors (Lipinski definition) is 2. The molecule has 4 nitrogen and oxygen atoms in total. The van der Waals surface area contributed by atoms with Crippen LogP contribution in [0.2, 0.25) is 0 Å². The molecule has 0 aliphatic rings. The zero-order valence-electron chi connectivity index (χ0n) is 10.1. The molecule has 1 heterocycles. The first-order chi connectivity index (χ1) is 8.22. The average Bonchev–Trinajstić information content (AvgIpc) is 2.35. The Morgan fingerprint density at radius 3 is 2.71 bits per heavy atom. The number of aliphatic hydroxyl groups excluding tert-OH is 1. The van der Waals surface area contributed by atoms with Crippen molar-refractivity contribution < 1.29 is 5.11 Å². The van der Waals surface area contributed by atoms with E-state index in [4.69, 9.17) is 5.11 Å². The highest BCUT2D eigenvalue weighted by Crippen LogP contribution is 2.22. The third kappa shape index (κ3) is 2.53. The van der Waals surface area contributed by atoms with Crippen LogP contribution in [-0.4, -0.2) is 28.2 Å². The molecule has 4 heteroatoms. The number of hydrogen-bond acceptors (Lipinski definition) is 4. The molecule has 1 aromatic carbocycles. The van der Waals surface area contributed by atoms with E-state index in [2.05, 4.69) is 29.1 Å². The number of nitrogens with zero attached hydrogens (tertiary/aromatic N) is 2. The second-order valence-electron chi connectivity index (χ2n) is 4.25. The van der Waals surface area contributed by atoms with E-state index in [0.717, 1.165) is 22.5 Å². The lowest BCUT2D eigenvalue weighted by atomic mass is 10.1. The Balaban J connectivity index is 2.52. The molecule has 0 saturated heterocycles. The van der Waals surface area contributed by atoms with Crippen LogP contribution in [0.1, 0.15) is 25.6 Å². The molecule has 0 aliphatic heterocycles. The highest BCUT2D eigenvalue weighted by molar-refractivity contribution is 5.89. The van der Waals surface area contributed by atoms with Gasteiger partial charge >= 0.3 is 0 Å². The van der Waals surface area contributed by atoms with Crippen molar-refractivity contribution in [2.45, 2.75) is 19.8 Å². The van der Waals surface area contributed by atoms with Crippen LogP contribution >= 0.6 is 0 Å². The summed E-state index contributed by atoms with van der Waals surface area (Å²) in [6, 6.07) is 7.90. The van der Waals surface area contributed by atoms with E-state index in [0.29, 0.717) is 6.54 Å². The van der Waals surface area contributed by atoms with Crippen LogP contribution < -0.4 is 5.32 Å². The molecule has 0 amide bonds. The predicted octanol–water partition coefficient (Wildman–Crippen LogP) is 2.16. The van der Waals surface area contributed by atoms with Gasteiger partial charge in [-0.25, -0.2) is 9.97 Å². The lowest BCUT2D eigenvalue weighted by molar-refractivity contribution is 0.311. The number of aromatic nitrogens is 2. The average molecular weight is 231 g/mol. The van der Waals surface area contributed by atoms with E-state index < -0.39 is 0 Å². The summed E-state index contributed by atoms with van der Waals surface area (Å²) in [5.41, 5.74) is 0.937. The fourth-order valence-electron chi connectivity index (χ4n) is 1.66. The standard InChI is InChI=1S/C13H17N3O/c1-9(2)12-15-11-6-4-3-5-10(11)13(16-12)14-7-8-17/h3-6,9,17H,7-8H2,1-2H3,(H,14,15,16). The Bertz CT molecular complexity index is 511. The largest absolute Gasteiger partial charge is 0.395 e. The van der Waals surface area contributed by atoms with Crippen LogP contribution in [0, 0.1) is 0 Å². The van der Waals surface area contributed by atoms with Crippen molar-refractivity contribution in [3.63, 3.8) is 0 Å². The number of aliphatic hydroxyl groups is 1. The summed E-state index contributed by atoms with van der Waals surface area (Å²) in [7, 11) is 0. The molecule has 0 aliphatic carbocycles. The van der Waals surface area contributed by atoms with Gasteiger partial charge in [0.25, 0.3) is 0 Å². The second kappa shape index (κ2) is 5.10. The lowest BCUT2D eigenvalue weighted by Crippen LogP contribution is -2.10. The Morgan fingerprint density at radius 1 is 1.24 bits per heavy atom. The van der Waals surface area contributed by atoms with Gasteiger partial charge in [0.1, 0.15) is 11.6 Å². The third-order valence-corrected chi connectivity index (χ3v) is 2.54. The fraction of sp³-hybridized carbons (Fsp3) is 0.385. The van der Waals surface area contributed by atoms with Crippen molar-refractivity contribution in [1.29, 1.82) is 0 Å². The summed E-state index contributed by atoms with van der Waals surface area (Å²) >= 11 is 0. The Morgan fingerprint density at radius 2 is 2.00 bits per heavy atom. The molecule has 0 fully saturated rings. The molecule has 2 N–H and O–H groups in total. The van der Waals surface area contributed by atoms with Gasteiger partial charge in [-0.3, -0.25) is 0 Å². The molecule has 0 saturated carbocycles. The van der Waals surface area contributed by atoms with E-state index in [9.17, 15) is 0 Å². The molecule has 0 radical (unpaired) electrons. The summed E-state index contributed by atoms with van der Waals surface area (Å²) < 4.78 is 0. The molecule has 0 atom stereocenters. The smallest absolute Gasteiger partial charge is 0.137 e. The number of para-hydroxylation sites is 1. The normalized spacial score (nSPS) is 11.1. The predicted molar refractivity (Wildman–Crippen MR) is 69.2 cm³/mol. The van der Waals surface area contributed by atoms with Crippen molar-refractivity contribution in [3.8, 4) is 0 Å². The van der Waals surface area contributed by atoms with E-state index >= 15 is 0 Å². The number of benzene rings is 1. The molecular formula is C13H17N3O. The van der Waals surface area contributed by atoms with Crippen LogP contribution in [0.4, 0.5) is 5.82 Å². The molecule has 2 aromatic rings. The van der Waals surface area contributed by atoms with Crippen LogP contribution in [0.5, 0.6) is 0 Å². The van der Waals surface area contributed by atoms with Crippen molar-refractivity contribution in [2.24, 2.45) is 0 Å². The molecule has 1 aromatic heterocycles. The van der Waals surface area contributed by atoms with Crippen LogP contribution in [0.3, 0.4) is 0 Å². The lowest BCUT2D eigenvalue weighted by Gasteiger charge is -2.11. The molecule has 0 bridgehead atoms. The van der Waals surface area contributed by atoms with Crippen molar-refractivity contribution in [2.75, 3.05) is 18.5 Å². The fourth-order valence-corrected chi connectivity index (χ4v) is 1.66. The summed E-state index contributed by atoms with van der Waals surface area (Å²) in [6.07, 6.45) is 0. The van der Waals surface area contributed by atoms with Gasteiger partial charge in [0, 0.05) is 17.8 Å². The summed E-state index contributed by atoms with van der Waals surface area (Å²) in [4.78, 5) is 9.03. The zero-order chi connectivity index (χ0) is 12.3. The topological polar surface area (TPSA) is 58.0 Å². The minimum Gasteiger partial charge on any atom is -0.395 e. The van der Waals surface area contributed by atoms with Crippen LogP contribution in [-0.2, 0) is 0 Å². The van der Waals surface area contributed by atoms with E-state index in [1.165, 1.54) is 0 Å². The number of anilines is 1. The zero-order valence-corrected chi connectivity index (χ0v) is 10.1. The first-order valence-corrected chi connectivity index (χ1v) is 5.83. The third-order valence-electron chi connectivity index (χ3n) is 2.54. The van der Waals surface area contributed by atoms with Crippen LogP contribution in [0.25, 0.3) is 10.9 Å². The Hall–Kier alpha value is -1.68. The van der Waals surface area contributed by atoms with Crippen molar-refractivity contribution in [1.82, 2.24) is 9.97 Å². The van der Waals surface area contributed by atoms with Gasteiger partial charge in [-0.2, -0.15) is 0 Å². The van der Waals surface area contributed by atoms with Crippen molar-refractivity contribution in [3.05, 3.63) is 30.1 Å². The number of nitrogens with one attached hydrogen (secondary N) is 1. The Labute approximate surface area is 101 Å². The second-order valence-corrected chi connectivity index (χ2v) is 4.25. The van der Waals surface area contributed by atoms with E-state index in [1.807, 2.05) is 24.3 Å². The van der Waals surface area contributed by atoms with Gasteiger partial charge in [-0.05, 0) is 12.1 Å². The monoisotopic (exact) mass is 231 g/mol. The van der Waals surface area contributed by atoms with Gasteiger partial charge in [0.05, 0.1) is 12.1 Å². The molecule has 0 spiro atoms. The Kier molecular flexibility index (Phi) is 3.54.